The minimum absolute atomic E-state index is 0.196. The first-order chi connectivity index (χ1) is 23.6. The minimum Gasteiger partial charge on any atom is -0.480 e. The van der Waals surface area contributed by atoms with E-state index in [9.17, 15) is 5.11 Å². The van der Waals surface area contributed by atoms with Crippen molar-refractivity contribution in [2.75, 3.05) is 73.3 Å². The molecule has 0 aliphatic carbocycles. The molecule has 0 bridgehead atoms. The van der Waals surface area contributed by atoms with Crippen LogP contribution in [0.15, 0.2) is 62.6 Å². The number of benzene rings is 2. The standard InChI is InChI=1S/C39H53ClN6O3/c1-27(2)36-30(28-21-42-35(38(49-6)43-22-28)25-46-19-15-29(24-46)39(3,4)47)11-9-12-31(36)32-13-10-14-33(37(32)40)34(44-26-48-5)23-41-16-20-45-17-7-8-18-45/h9-14,21,23,27,29,47H,7-8,15-20,22,24-26H2,1-6H3. The molecule has 2 fully saturated rings. The SMILES string of the molecule is COCN=C(C=NCCN1CCCC1)c1cccc(-c2cccc(C3=CN=C(CN4CCC(C(C)(C)O)C4)C(OC)=NC3)c2C(C)C)c1Cl. The van der Waals surface area contributed by atoms with Gasteiger partial charge < -0.3 is 19.5 Å². The normalized spacial score (nSPS) is 19.8. The lowest BCUT2D eigenvalue weighted by atomic mass is 9.85. The number of hydrogen-bond acceptors (Lipinski definition) is 9. The molecule has 2 aromatic carbocycles. The molecule has 1 unspecified atom stereocenters. The summed E-state index contributed by atoms with van der Waals surface area (Å²) in [5.41, 5.74) is 6.94. The Kier molecular flexibility index (Phi) is 13.0. The molecule has 1 N–H and O–H groups in total. The Bertz CT molecular complexity index is 1600. The fourth-order valence-corrected chi connectivity index (χ4v) is 7.36. The maximum Gasteiger partial charge on any atom is 0.232 e. The quantitative estimate of drug-likeness (QED) is 0.239. The topological polar surface area (TPSA) is 94.6 Å². The lowest BCUT2D eigenvalue weighted by molar-refractivity contribution is 0.0217. The molecule has 1 atom stereocenters. The molecule has 5 rings (SSSR count). The van der Waals surface area contributed by atoms with Gasteiger partial charge in [0.2, 0.25) is 5.90 Å². The van der Waals surface area contributed by atoms with Gasteiger partial charge in [-0.25, -0.2) is 4.99 Å². The third kappa shape index (κ3) is 9.32. The molecule has 3 aliphatic heterocycles. The van der Waals surface area contributed by atoms with Crippen LogP contribution in [0.2, 0.25) is 5.02 Å². The van der Waals surface area contributed by atoms with Crippen LogP contribution in [0, 0.1) is 5.92 Å². The molecule has 3 aliphatic rings. The van der Waals surface area contributed by atoms with Gasteiger partial charge in [0, 0.05) is 56.2 Å². The average molecular weight is 689 g/mol. The van der Waals surface area contributed by atoms with Gasteiger partial charge in [0.15, 0.2) is 0 Å². The van der Waals surface area contributed by atoms with Gasteiger partial charge in [0.1, 0.15) is 12.4 Å². The Morgan fingerprint density at radius 2 is 1.80 bits per heavy atom. The Morgan fingerprint density at radius 1 is 1.06 bits per heavy atom. The van der Waals surface area contributed by atoms with E-state index in [1.807, 2.05) is 38.4 Å². The summed E-state index contributed by atoms with van der Waals surface area (Å²) in [5.74, 6) is 0.978. The van der Waals surface area contributed by atoms with Gasteiger partial charge in [0.25, 0.3) is 0 Å². The number of aliphatic imine (C=N–C) groups is 4. The molecule has 264 valence electrons. The van der Waals surface area contributed by atoms with Crippen LogP contribution in [0.3, 0.4) is 0 Å². The van der Waals surface area contributed by atoms with Gasteiger partial charge in [0.05, 0.1) is 36.5 Å². The molecule has 3 heterocycles. The predicted octanol–water partition coefficient (Wildman–Crippen LogP) is 6.62. The monoisotopic (exact) mass is 688 g/mol. The van der Waals surface area contributed by atoms with E-state index in [2.05, 4.69) is 47.9 Å². The molecule has 49 heavy (non-hydrogen) atoms. The number of hydrogen-bond donors (Lipinski definition) is 1. The molecule has 2 saturated heterocycles. The first-order valence-electron chi connectivity index (χ1n) is 17.6. The summed E-state index contributed by atoms with van der Waals surface area (Å²) in [6.45, 7) is 15.2. The van der Waals surface area contributed by atoms with Gasteiger partial charge in [-0.15, -0.1) is 0 Å². The van der Waals surface area contributed by atoms with E-state index in [1.54, 1.807) is 14.2 Å². The van der Waals surface area contributed by atoms with Gasteiger partial charge in [-0.05, 0) is 80.9 Å². The van der Waals surface area contributed by atoms with Gasteiger partial charge in [-0.1, -0.05) is 61.8 Å². The van der Waals surface area contributed by atoms with Crippen molar-refractivity contribution in [1.82, 2.24) is 9.80 Å². The van der Waals surface area contributed by atoms with Crippen molar-refractivity contribution in [3.8, 4) is 11.1 Å². The first-order valence-corrected chi connectivity index (χ1v) is 18.0. The highest BCUT2D eigenvalue weighted by molar-refractivity contribution is 6.45. The maximum absolute atomic E-state index is 10.6. The van der Waals surface area contributed by atoms with E-state index in [0.717, 1.165) is 79.2 Å². The summed E-state index contributed by atoms with van der Waals surface area (Å²) in [6.07, 6.45) is 7.28. The molecule has 0 aromatic heterocycles. The van der Waals surface area contributed by atoms with Crippen molar-refractivity contribution < 1.29 is 14.6 Å². The second kappa shape index (κ2) is 17.1. The van der Waals surface area contributed by atoms with Crippen LogP contribution < -0.4 is 0 Å². The zero-order valence-corrected chi connectivity index (χ0v) is 30.8. The number of likely N-dealkylation sites (tertiary alicyclic amines) is 2. The molecule has 0 saturated carbocycles. The van der Waals surface area contributed by atoms with Crippen LogP contribution in [0.5, 0.6) is 0 Å². The Morgan fingerprint density at radius 3 is 2.49 bits per heavy atom. The largest absolute Gasteiger partial charge is 0.480 e. The summed E-state index contributed by atoms with van der Waals surface area (Å²) in [5, 5.41) is 11.2. The molecule has 9 nitrogen and oxygen atoms in total. The van der Waals surface area contributed by atoms with Crippen LogP contribution in [0.1, 0.15) is 69.6 Å². The predicted molar refractivity (Wildman–Crippen MR) is 204 cm³/mol. The van der Waals surface area contributed by atoms with Crippen molar-refractivity contribution in [2.24, 2.45) is 25.9 Å². The fraction of sp³-hybridized carbons (Fsp3) is 0.538. The van der Waals surface area contributed by atoms with Crippen LogP contribution in [0.25, 0.3) is 16.7 Å². The zero-order valence-electron chi connectivity index (χ0n) is 30.1. The van der Waals surface area contributed by atoms with Crippen LogP contribution in [-0.2, 0) is 9.47 Å². The first kappa shape index (κ1) is 37.1. The summed E-state index contributed by atoms with van der Waals surface area (Å²) >= 11 is 7.26. The summed E-state index contributed by atoms with van der Waals surface area (Å²) in [4.78, 5) is 24.0. The van der Waals surface area contributed by atoms with E-state index < -0.39 is 5.60 Å². The second-order valence-corrected chi connectivity index (χ2v) is 14.4. The van der Waals surface area contributed by atoms with Crippen molar-refractivity contribution >= 4 is 40.7 Å². The Balaban J connectivity index is 1.45. The molecule has 2 aromatic rings. The van der Waals surface area contributed by atoms with E-state index in [-0.39, 0.29) is 18.6 Å². The molecular formula is C39H53ClN6O3. The van der Waals surface area contributed by atoms with Crippen molar-refractivity contribution in [3.63, 3.8) is 0 Å². The molecule has 0 radical (unpaired) electrons. The highest BCUT2D eigenvalue weighted by atomic mass is 35.5. The van der Waals surface area contributed by atoms with Crippen molar-refractivity contribution in [1.29, 1.82) is 0 Å². The number of rotatable bonds is 13. The fourth-order valence-electron chi connectivity index (χ4n) is 7.04. The lowest BCUT2D eigenvalue weighted by Crippen LogP contribution is -2.36. The Labute approximate surface area is 297 Å². The smallest absolute Gasteiger partial charge is 0.232 e. The number of aliphatic hydroxyl groups is 1. The van der Waals surface area contributed by atoms with E-state index >= 15 is 0 Å². The third-order valence-corrected chi connectivity index (χ3v) is 10.2. The van der Waals surface area contributed by atoms with Crippen LogP contribution >= 0.6 is 11.6 Å². The number of methoxy groups -OCH3 is 2. The lowest BCUT2D eigenvalue weighted by Gasteiger charge is -2.25. The average Bonchev–Trinajstić information content (AvgIpc) is 3.74. The zero-order chi connectivity index (χ0) is 35.0. The van der Waals surface area contributed by atoms with E-state index in [0.29, 0.717) is 29.7 Å². The minimum atomic E-state index is -0.703. The molecular weight excluding hydrogens is 636 g/mol. The van der Waals surface area contributed by atoms with Gasteiger partial charge in [-0.2, -0.15) is 0 Å². The second-order valence-electron chi connectivity index (χ2n) is 14.1. The summed E-state index contributed by atoms with van der Waals surface area (Å²) in [6, 6.07) is 12.5. The van der Waals surface area contributed by atoms with Crippen LogP contribution in [-0.4, -0.2) is 117 Å². The van der Waals surface area contributed by atoms with E-state index in [4.69, 9.17) is 41.0 Å². The summed E-state index contributed by atoms with van der Waals surface area (Å²) < 4.78 is 11.1. The Hall–Kier alpha value is -3.21. The number of nitrogens with zero attached hydrogens (tertiary/aromatic N) is 6. The van der Waals surface area contributed by atoms with Crippen molar-refractivity contribution in [3.05, 3.63) is 64.3 Å². The van der Waals surface area contributed by atoms with Gasteiger partial charge >= 0.3 is 0 Å². The highest BCUT2D eigenvalue weighted by Crippen LogP contribution is 2.40. The third-order valence-electron chi connectivity index (χ3n) is 9.77. The van der Waals surface area contributed by atoms with Crippen LogP contribution in [0.4, 0.5) is 0 Å². The molecule has 0 amide bonds. The number of halogens is 1. The highest BCUT2D eigenvalue weighted by Gasteiger charge is 2.34. The summed E-state index contributed by atoms with van der Waals surface area (Å²) in [7, 11) is 3.29. The van der Waals surface area contributed by atoms with E-state index in [1.165, 1.54) is 18.4 Å². The van der Waals surface area contributed by atoms with Gasteiger partial charge in [-0.3, -0.25) is 19.9 Å². The number of ether oxygens (including phenoxy) is 2. The molecule has 0 spiro atoms. The molecule has 10 heteroatoms. The maximum atomic E-state index is 10.6. The van der Waals surface area contributed by atoms with Crippen molar-refractivity contribution in [2.45, 2.75) is 58.5 Å².